The number of ether oxygens (including phenoxy) is 3. The summed E-state index contributed by atoms with van der Waals surface area (Å²) in [4.78, 5) is 0. The number of nitrogen functional groups attached to an aromatic ring is 1. The highest BCUT2D eigenvalue weighted by Gasteiger charge is 2.21. The molecule has 0 amide bonds. The quantitative estimate of drug-likeness (QED) is 0.795. The number of hydrogen-bond donors (Lipinski definition) is 1. The molecule has 0 spiro atoms. The van der Waals surface area contributed by atoms with Crippen molar-refractivity contribution in [3.63, 3.8) is 0 Å². The summed E-state index contributed by atoms with van der Waals surface area (Å²) < 4.78 is 16.1. The van der Waals surface area contributed by atoms with Crippen molar-refractivity contribution in [1.82, 2.24) is 0 Å². The number of nitrogens with two attached hydrogens (primary N) is 1. The van der Waals surface area contributed by atoms with Crippen LogP contribution in [0.5, 0.6) is 17.2 Å². The second-order valence-electron chi connectivity index (χ2n) is 3.92. The molecule has 2 N–H and O–H groups in total. The van der Waals surface area contributed by atoms with E-state index in [1.165, 1.54) is 6.42 Å². The molecule has 1 fully saturated rings. The Hall–Kier alpha value is -1.58. The van der Waals surface area contributed by atoms with Crippen molar-refractivity contribution >= 4 is 5.69 Å². The molecule has 1 aliphatic carbocycles. The first-order valence-electron chi connectivity index (χ1n) is 5.42. The standard InChI is InChI=1S/C12H17NO3/c1-14-11-6-9(13)10(7-12(11)15-2)16-8-4-3-5-8/h6-8H,3-5,13H2,1-2H3. The van der Waals surface area contributed by atoms with Gasteiger partial charge in [-0.25, -0.2) is 0 Å². The van der Waals surface area contributed by atoms with Gasteiger partial charge in [0, 0.05) is 12.1 Å². The van der Waals surface area contributed by atoms with Gasteiger partial charge in [-0.05, 0) is 19.3 Å². The third kappa shape index (κ3) is 2.01. The lowest BCUT2D eigenvalue weighted by Gasteiger charge is -2.27. The molecule has 2 rings (SSSR count). The van der Waals surface area contributed by atoms with E-state index in [1.807, 2.05) is 0 Å². The number of hydrogen-bond acceptors (Lipinski definition) is 4. The Bertz CT molecular complexity index is 375. The SMILES string of the molecule is COc1cc(N)c(OC2CCC2)cc1OC. The van der Waals surface area contributed by atoms with E-state index in [4.69, 9.17) is 19.9 Å². The smallest absolute Gasteiger partial charge is 0.164 e. The van der Waals surface area contributed by atoms with Gasteiger partial charge in [-0.15, -0.1) is 0 Å². The highest BCUT2D eigenvalue weighted by Crippen LogP contribution is 2.38. The Morgan fingerprint density at radius 2 is 1.69 bits per heavy atom. The normalized spacial score (nSPS) is 15.4. The molecule has 4 nitrogen and oxygen atoms in total. The van der Waals surface area contributed by atoms with Crippen LogP contribution in [0.15, 0.2) is 12.1 Å². The molecule has 0 atom stereocenters. The summed E-state index contributed by atoms with van der Waals surface area (Å²) in [5.74, 6) is 1.95. The van der Waals surface area contributed by atoms with E-state index in [0.717, 1.165) is 12.8 Å². The Labute approximate surface area is 95.3 Å². The van der Waals surface area contributed by atoms with Crippen molar-refractivity contribution in [2.75, 3.05) is 20.0 Å². The molecular formula is C12H17NO3. The van der Waals surface area contributed by atoms with E-state index in [1.54, 1.807) is 26.4 Å². The molecule has 0 aliphatic heterocycles. The van der Waals surface area contributed by atoms with Crippen LogP contribution in [0, 0.1) is 0 Å². The molecule has 0 saturated heterocycles. The zero-order valence-corrected chi connectivity index (χ0v) is 9.66. The second kappa shape index (κ2) is 4.51. The van der Waals surface area contributed by atoms with Crippen LogP contribution in [0.2, 0.25) is 0 Å². The van der Waals surface area contributed by atoms with Gasteiger partial charge in [0.1, 0.15) is 5.75 Å². The van der Waals surface area contributed by atoms with E-state index >= 15 is 0 Å². The largest absolute Gasteiger partial charge is 0.493 e. The second-order valence-corrected chi connectivity index (χ2v) is 3.92. The summed E-state index contributed by atoms with van der Waals surface area (Å²) in [6, 6.07) is 3.51. The van der Waals surface area contributed by atoms with Crippen molar-refractivity contribution in [2.24, 2.45) is 0 Å². The summed E-state index contributed by atoms with van der Waals surface area (Å²) in [5.41, 5.74) is 6.47. The summed E-state index contributed by atoms with van der Waals surface area (Å²) in [6.45, 7) is 0. The van der Waals surface area contributed by atoms with Crippen LogP contribution in [-0.2, 0) is 0 Å². The highest BCUT2D eigenvalue weighted by atomic mass is 16.5. The van der Waals surface area contributed by atoms with E-state index in [0.29, 0.717) is 29.0 Å². The van der Waals surface area contributed by atoms with Crippen LogP contribution >= 0.6 is 0 Å². The molecule has 0 unspecified atom stereocenters. The van der Waals surface area contributed by atoms with Gasteiger partial charge in [-0.2, -0.15) is 0 Å². The van der Waals surface area contributed by atoms with E-state index in [-0.39, 0.29) is 0 Å². The third-order valence-electron chi connectivity index (χ3n) is 2.86. The fourth-order valence-corrected chi connectivity index (χ4v) is 1.65. The number of methoxy groups -OCH3 is 2. The number of anilines is 1. The zero-order valence-electron chi connectivity index (χ0n) is 9.66. The lowest BCUT2D eigenvalue weighted by atomic mass is 9.96. The maximum atomic E-state index is 5.89. The van der Waals surface area contributed by atoms with Crippen molar-refractivity contribution in [3.05, 3.63) is 12.1 Å². The monoisotopic (exact) mass is 223 g/mol. The lowest BCUT2D eigenvalue weighted by molar-refractivity contribution is 0.121. The number of rotatable bonds is 4. The van der Waals surface area contributed by atoms with E-state index in [9.17, 15) is 0 Å². The molecule has 0 radical (unpaired) electrons. The van der Waals surface area contributed by atoms with E-state index < -0.39 is 0 Å². The molecule has 1 aromatic carbocycles. The van der Waals surface area contributed by atoms with E-state index in [2.05, 4.69) is 0 Å². The number of benzene rings is 1. The molecule has 1 aromatic rings. The van der Waals surface area contributed by atoms with Crippen LogP contribution in [0.4, 0.5) is 5.69 Å². The van der Waals surface area contributed by atoms with Crippen LogP contribution in [0.1, 0.15) is 19.3 Å². The molecule has 1 aliphatic rings. The summed E-state index contributed by atoms with van der Waals surface area (Å²) in [5, 5.41) is 0. The van der Waals surface area contributed by atoms with Crippen LogP contribution < -0.4 is 19.9 Å². The summed E-state index contributed by atoms with van der Waals surface area (Å²) in [6.07, 6.45) is 3.75. The van der Waals surface area contributed by atoms with Crippen LogP contribution in [-0.4, -0.2) is 20.3 Å². The first kappa shape index (κ1) is 10.9. The highest BCUT2D eigenvalue weighted by molar-refractivity contribution is 5.62. The van der Waals surface area contributed by atoms with Crippen LogP contribution in [0.25, 0.3) is 0 Å². The van der Waals surface area contributed by atoms with Gasteiger partial charge in [0.15, 0.2) is 11.5 Å². The molecule has 0 heterocycles. The molecular weight excluding hydrogens is 206 g/mol. The zero-order chi connectivity index (χ0) is 11.5. The lowest BCUT2D eigenvalue weighted by Crippen LogP contribution is -2.24. The first-order chi connectivity index (χ1) is 7.74. The minimum Gasteiger partial charge on any atom is -0.493 e. The van der Waals surface area contributed by atoms with Gasteiger partial charge in [-0.1, -0.05) is 0 Å². The average molecular weight is 223 g/mol. The molecule has 88 valence electrons. The van der Waals surface area contributed by atoms with Gasteiger partial charge in [0.2, 0.25) is 0 Å². The third-order valence-corrected chi connectivity index (χ3v) is 2.86. The van der Waals surface area contributed by atoms with Gasteiger partial charge >= 0.3 is 0 Å². The Morgan fingerprint density at radius 3 is 2.19 bits per heavy atom. The predicted octanol–water partition coefficient (Wildman–Crippen LogP) is 2.22. The minimum atomic E-state index is 0.306. The van der Waals surface area contributed by atoms with Crippen molar-refractivity contribution < 1.29 is 14.2 Å². The fourth-order valence-electron chi connectivity index (χ4n) is 1.65. The minimum absolute atomic E-state index is 0.306. The molecule has 0 bridgehead atoms. The summed E-state index contributed by atoms with van der Waals surface area (Å²) >= 11 is 0. The van der Waals surface area contributed by atoms with Gasteiger partial charge in [0.25, 0.3) is 0 Å². The van der Waals surface area contributed by atoms with Crippen molar-refractivity contribution in [1.29, 1.82) is 0 Å². The van der Waals surface area contributed by atoms with Gasteiger partial charge < -0.3 is 19.9 Å². The first-order valence-corrected chi connectivity index (χ1v) is 5.42. The van der Waals surface area contributed by atoms with Crippen molar-refractivity contribution in [2.45, 2.75) is 25.4 Å². The predicted molar refractivity (Wildman–Crippen MR) is 62.2 cm³/mol. The van der Waals surface area contributed by atoms with Crippen LogP contribution in [0.3, 0.4) is 0 Å². The van der Waals surface area contributed by atoms with Crippen molar-refractivity contribution in [3.8, 4) is 17.2 Å². The summed E-state index contributed by atoms with van der Waals surface area (Å²) in [7, 11) is 3.19. The molecule has 0 aromatic heterocycles. The Balaban J connectivity index is 2.22. The fraction of sp³-hybridized carbons (Fsp3) is 0.500. The van der Waals surface area contributed by atoms with Gasteiger partial charge in [0.05, 0.1) is 26.0 Å². The molecule has 1 saturated carbocycles. The van der Waals surface area contributed by atoms with Gasteiger partial charge in [-0.3, -0.25) is 0 Å². The molecule has 16 heavy (non-hydrogen) atoms. The maximum absolute atomic E-state index is 5.89. The Morgan fingerprint density at radius 1 is 1.06 bits per heavy atom. The average Bonchev–Trinajstić information content (AvgIpc) is 2.24. The topological polar surface area (TPSA) is 53.7 Å². The Kier molecular flexibility index (Phi) is 3.08. The maximum Gasteiger partial charge on any atom is 0.164 e. The molecule has 4 heteroatoms.